The highest BCUT2D eigenvalue weighted by Gasteiger charge is 2.18. The Hall–Kier alpha value is -1.54. The van der Waals surface area contributed by atoms with Gasteiger partial charge in [0.1, 0.15) is 11.2 Å². The van der Waals surface area contributed by atoms with Gasteiger partial charge in [0.2, 0.25) is 0 Å². The Kier molecular flexibility index (Phi) is 3.24. The van der Waals surface area contributed by atoms with E-state index in [0.717, 1.165) is 0 Å². The molecule has 1 N–H and O–H groups in total. The molecule has 1 nitrogen and oxygen atoms in total. The van der Waals surface area contributed by atoms with Gasteiger partial charge in [0, 0.05) is 6.07 Å². The molecule has 0 aliphatic heterocycles. The maximum atomic E-state index is 13.1. The van der Waals surface area contributed by atoms with Gasteiger partial charge in [-0.3, -0.25) is 0 Å². The summed E-state index contributed by atoms with van der Waals surface area (Å²) in [5, 5.41) is 9.19. The van der Waals surface area contributed by atoms with Crippen molar-refractivity contribution < 1.29 is 22.7 Å². The molecule has 1 rings (SSSR count). The van der Waals surface area contributed by atoms with Gasteiger partial charge in [-0.25, -0.2) is 17.6 Å². The van der Waals surface area contributed by atoms with Crippen molar-refractivity contribution in [2.75, 3.05) is 0 Å². The van der Waals surface area contributed by atoms with E-state index in [-0.39, 0.29) is 6.07 Å². The van der Waals surface area contributed by atoms with Gasteiger partial charge in [-0.05, 0) is 13.8 Å². The summed E-state index contributed by atoms with van der Waals surface area (Å²) in [6.45, 7) is 2.54. The minimum atomic E-state index is -1.57. The topological polar surface area (TPSA) is 20.2 Å². The van der Waals surface area contributed by atoms with E-state index >= 15 is 0 Å². The summed E-state index contributed by atoms with van der Waals surface area (Å²) in [5.74, 6) is -2.27. The third-order valence-electron chi connectivity index (χ3n) is 1.61. The van der Waals surface area contributed by atoms with Crippen LogP contribution in [0.4, 0.5) is 17.6 Å². The third-order valence-corrected chi connectivity index (χ3v) is 1.61. The van der Waals surface area contributed by atoms with E-state index in [1.165, 1.54) is 13.8 Å². The molecule has 5 heteroatoms. The van der Waals surface area contributed by atoms with Crippen molar-refractivity contribution in [1.29, 1.82) is 0 Å². The minimum Gasteiger partial charge on any atom is -0.378 e. The van der Waals surface area contributed by atoms with Gasteiger partial charge >= 0.3 is 0 Å². The molecule has 0 heterocycles. The van der Waals surface area contributed by atoms with Crippen LogP contribution < -0.4 is 0 Å². The lowest BCUT2D eigenvalue weighted by Crippen LogP contribution is -2.14. The molecule has 0 saturated carbocycles. The molecule has 0 bridgehead atoms. The molecule has 0 saturated heterocycles. The zero-order valence-electron chi connectivity index (χ0n) is 8.54. The summed E-state index contributed by atoms with van der Waals surface area (Å²) in [6, 6.07) is 0.0972. The lowest BCUT2D eigenvalue weighted by Gasteiger charge is -2.06. The minimum absolute atomic E-state index is 0.0972. The Labute approximate surface area is 89.7 Å². The number of hydrogen-bond donors (Lipinski definition) is 1. The largest absolute Gasteiger partial charge is 0.378 e. The van der Waals surface area contributed by atoms with Gasteiger partial charge in [0.05, 0.1) is 0 Å². The summed E-state index contributed by atoms with van der Waals surface area (Å²) >= 11 is 0. The first kappa shape index (κ1) is 12.5. The van der Waals surface area contributed by atoms with Crippen molar-refractivity contribution in [2.45, 2.75) is 19.4 Å². The monoisotopic (exact) mass is 232 g/mol. The Morgan fingerprint density at radius 2 is 1.50 bits per heavy atom. The van der Waals surface area contributed by atoms with Crippen molar-refractivity contribution in [1.82, 2.24) is 0 Å². The molecule has 1 aromatic carbocycles. The lowest BCUT2D eigenvalue weighted by atomic mass is 10.1. The highest BCUT2D eigenvalue weighted by molar-refractivity contribution is 5.39. The number of hydrogen-bond acceptors (Lipinski definition) is 1. The van der Waals surface area contributed by atoms with E-state index in [4.69, 9.17) is 0 Å². The molecule has 1 aromatic rings. The molecule has 86 valence electrons. The predicted molar refractivity (Wildman–Crippen MR) is 49.4 cm³/mol. The fourth-order valence-corrected chi connectivity index (χ4v) is 0.898. The van der Waals surface area contributed by atoms with Crippen LogP contribution in [0, 0.1) is 35.1 Å². The summed E-state index contributed by atoms with van der Waals surface area (Å²) in [5.41, 5.74) is -2.54. The molecule has 0 aliphatic carbocycles. The van der Waals surface area contributed by atoms with Gasteiger partial charge in [-0.15, -0.1) is 0 Å². The smallest absolute Gasteiger partial charge is 0.177 e. The maximum absolute atomic E-state index is 13.1. The van der Waals surface area contributed by atoms with Gasteiger partial charge < -0.3 is 5.11 Å². The molecule has 0 fully saturated rings. The quantitative estimate of drug-likeness (QED) is 0.413. The second-order valence-corrected chi connectivity index (χ2v) is 3.65. The van der Waals surface area contributed by atoms with Crippen LogP contribution in [0.5, 0.6) is 0 Å². The van der Waals surface area contributed by atoms with Crippen molar-refractivity contribution in [3.63, 3.8) is 0 Å². The van der Waals surface area contributed by atoms with Crippen LogP contribution in [0.25, 0.3) is 0 Å². The van der Waals surface area contributed by atoms with E-state index in [2.05, 4.69) is 5.92 Å². The molecule has 0 spiro atoms. The van der Waals surface area contributed by atoms with Crippen LogP contribution in [-0.4, -0.2) is 10.7 Å². The van der Waals surface area contributed by atoms with Crippen LogP contribution in [0.1, 0.15) is 19.4 Å². The average Bonchev–Trinajstić information content (AvgIpc) is 2.13. The van der Waals surface area contributed by atoms with E-state index in [0.29, 0.717) is 0 Å². The number of rotatable bonds is 0. The Balaban J connectivity index is 3.38. The summed E-state index contributed by atoms with van der Waals surface area (Å²) < 4.78 is 51.6. The van der Waals surface area contributed by atoms with Gasteiger partial charge in [0.25, 0.3) is 0 Å². The van der Waals surface area contributed by atoms with Crippen LogP contribution >= 0.6 is 0 Å². The van der Waals surface area contributed by atoms with Crippen molar-refractivity contribution in [3.05, 3.63) is 34.9 Å². The van der Waals surface area contributed by atoms with Gasteiger partial charge in [0.15, 0.2) is 23.3 Å². The SMILES string of the molecule is CC(C)(O)C#Cc1c(F)c(F)cc(F)c1F. The van der Waals surface area contributed by atoms with Crippen LogP contribution in [-0.2, 0) is 0 Å². The van der Waals surface area contributed by atoms with E-state index < -0.39 is 34.4 Å². The standard InChI is InChI=1S/C11H8F4O/c1-11(2,16)4-3-6-9(14)7(12)5-8(13)10(6)15/h5,16H,1-2H3. The molecule has 0 unspecified atom stereocenters. The van der Waals surface area contributed by atoms with Crippen LogP contribution in [0.3, 0.4) is 0 Å². The first-order valence-electron chi connectivity index (χ1n) is 4.31. The van der Waals surface area contributed by atoms with Crippen LogP contribution in [0.15, 0.2) is 6.07 Å². The fraction of sp³-hybridized carbons (Fsp3) is 0.273. The number of aliphatic hydroxyl groups is 1. The van der Waals surface area contributed by atoms with E-state index in [1.807, 2.05) is 5.92 Å². The van der Waals surface area contributed by atoms with Crippen molar-refractivity contribution in [2.24, 2.45) is 0 Å². The average molecular weight is 232 g/mol. The zero-order chi connectivity index (χ0) is 12.5. The van der Waals surface area contributed by atoms with E-state index in [1.54, 1.807) is 0 Å². The molecule has 0 aliphatic rings. The van der Waals surface area contributed by atoms with E-state index in [9.17, 15) is 22.7 Å². The van der Waals surface area contributed by atoms with Gasteiger partial charge in [-0.1, -0.05) is 11.8 Å². The Morgan fingerprint density at radius 1 is 1.06 bits per heavy atom. The number of benzene rings is 1. The molecule has 16 heavy (non-hydrogen) atoms. The molecular formula is C11H8F4O. The lowest BCUT2D eigenvalue weighted by molar-refractivity contribution is 0.143. The zero-order valence-corrected chi connectivity index (χ0v) is 8.54. The molecular weight excluding hydrogens is 224 g/mol. The Morgan fingerprint density at radius 3 is 1.88 bits per heavy atom. The molecule has 0 atom stereocenters. The first-order chi connectivity index (χ1) is 7.22. The van der Waals surface area contributed by atoms with Crippen LogP contribution in [0.2, 0.25) is 0 Å². The van der Waals surface area contributed by atoms with Crippen molar-refractivity contribution in [3.8, 4) is 11.8 Å². The molecule has 0 radical (unpaired) electrons. The highest BCUT2D eigenvalue weighted by atomic mass is 19.2. The molecule has 0 amide bonds. The predicted octanol–water partition coefficient (Wildman–Crippen LogP) is 2.37. The normalized spacial score (nSPS) is 10.9. The fourth-order valence-electron chi connectivity index (χ4n) is 0.898. The highest BCUT2D eigenvalue weighted by Crippen LogP contribution is 2.18. The van der Waals surface area contributed by atoms with Gasteiger partial charge in [-0.2, -0.15) is 0 Å². The second kappa shape index (κ2) is 4.14. The van der Waals surface area contributed by atoms with Crippen molar-refractivity contribution >= 4 is 0 Å². The summed E-state index contributed by atoms with van der Waals surface area (Å²) in [7, 11) is 0. The second-order valence-electron chi connectivity index (χ2n) is 3.65. The molecule has 0 aromatic heterocycles. The maximum Gasteiger partial charge on any atom is 0.177 e. The number of halogens is 4. The summed E-state index contributed by atoms with van der Waals surface area (Å²) in [6.07, 6.45) is 0. The Bertz CT molecular complexity index is 451. The summed E-state index contributed by atoms with van der Waals surface area (Å²) in [4.78, 5) is 0. The first-order valence-corrected chi connectivity index (χ1v) is 4.31. The third kappa shape index (κ3) is 2.74.